The summed E-state index contributed by atoms with van der Waals surface area (Å²) in [4.78, 5) is 10.9. The van der Waals surface area contributed by atoms with Gasteiger partial charge in [0.05, 0.1) is 5.92 Å². The Balaban J connectivity index is 1.99. The van der Waals surface area contributed by atoms with Gasteiger partial charge in [-0.15, -0.1) is 0 Å². The molecule has 1 saturated carbocycles. The van der Waals surface area contributed by atoms with Crippen molar-refractivity contribution in [2.24, 2.45) is 17.8 Å². The topological polar surface area (TPSA) is 49.3 Å². The quantitative estimate of drug-likeness (QED) is 0.654. The van der Waals surface area contributed by atoms with E-state index in [0.717, 1.165) is 32.4 Å². The molecule has 0 aromatic rings. The van der Waals surface area contributed by atoms with Crippen LogP contribution >= 0.6 is 0 Å². The van der Waals surface area contributed by atoms with Crippen LogP contribution < -0.4 is 5.32 Å². The van der Waals surface area contributed by atoms with Crippen LogP contribution in [0.15, 0.2) is 0 Å². The first-order valence-electron chi connectivity index (χ1n) is 4.72. The van der Waals surface area contributed by atoms with Crippen LogP contribution in [0.3, 0.4) is 0 Å². The van der Waals surface area contributed by atoms with Gasteiger partial charge in [0.15, 0.2) is 0 Å². The molecule has 1 aliphatic carbocycles. The van der Waals surface area contributed by atoms with Gasteiger partial charge >= 0.3 is 5.97 Å². The van der Waals surface area contributed by atoms with Crippen molar-refractivity contribution in [3.05, 3.63) is 0 Å². The molecule has 2 atom stereocenters. The van der Waals surface area contributed by atoms with Crippen molar-refractivity contribution in [1.82, 2.24) is 5.32 Å². The molecule has 2 fully saturated rings. The molecule has 12 heavy (non-hydrogen) atoms. The second kappa shape index (κ2) is 3.05. The van der Waals surface area contributed by atoms with E-state index in [1.807, 2.05) is 0 Å². The molecule has 1 aliphatic heterocycles. The molecular formula is C9H15NO2. The van der Waals surface area contributed by atoms with Crippen LogP contribution in [0.1, 0.15) is 19.3 Å². The van der Waals surface area contributed by atoms with Gasteiger partial charge in [-0.05, 0) is 44.2 Å². The van der Waals surface area contributed by atoms with Crippen LogP contribution in [0.4, 0.5) is 0 Å². The van der Waals surface area contributed by atoms with Crippen molar-refractivity contribution in [3.8, 4) is 0 Å². The summed E-state index contributed by atoms with van der Waals surface area (Å²) in [6.45, 7) is 1.91. The lowest BCUT2D eigenvalue weighted by Crippen LogP contribution is -2.27. The van der Waals surface area contributed by atoms with E-state index >= 15 is 0 Å². The number of carbonyl (C=O) groups is 1. The Bertz CT molecular complexity index is 183. The Morgan fingerprint density at radius 2 is 2.08 bits per heavy atom. The van der Waals surface area contributed by atoms with Crippen molar-refractivity contribution in [2.45, 2.75) is 19.3 Å². The first-order valence-corrected chi connectivity index (χ1v) is 4.72. The maximum atomic E-state index is 10.9. The summed E-state index contributed by atoms with van der Waals surface area (Å²) in [6.07, 6.45) is 3.31. The zero-order valence-corrected chi connectivity index (χ0v) is 7.12. The van der Waals surface area contributed by atoms with Crippen molar-refractivity contribution in [3.63, 3.8) is 0 Å². The molecule has 0 aromatic carbocycles. The average molecular weight is 169 g/mol. The highest BCUT2D eigenvalue weighted by Crippen LogP contribution is 2.42. The molecule has 2 N–H and O–H groups in total. The molecule has 2 aliphatic rings. The van der Waals surface area contributed by atoms with Gasteiger partial charge in [0.25, 0.3) is 0 Å². The predicted octanol–water partition coefficient (Wildman–Crippen LogP) is 0.707. The first kappa shape index (κ1) is 8.05. The monoisotopic (exact) mass is 169 g/mol. The van der Waals surface area contributed by atoms with E-state index in [1.54, 1.807) is 0 Å². The van der Waals surface area contributed by atoms with Crippen LogP contribution in [0.5, 0.6) is 0 Å². The molecule has 3 nitrogen and oxygen atoms in total. The van der Waals surface area contributed by atoms with Crippen LogP contribution in [0.25, 0.3) is 0 Å². The largest absolute Gasteiger partial charge is 0.481 e. The molecule has 1 heterocycles. The summed E-state index contributed by atoms with van der Waals surface area (Å²) in [5.41, 5.74) is 0. The molecular weight excluding hydrogens is 154 g/mol. The summed E-state index contributed by atoms with van der Waals surface area (Å²) in [5.74, 6) is 0.258. The van der Waals surface area contributed by atoms with Gasteiger partial charge in [0, 0.05) is 0 Å². The number of hydrogen-bond acceptors (Lipinski definition) is 2. The van der Waals surface area contributed by atoms with E-state index in [0.29, 0.717) is 11.8 Å². The van der Waals surface area contributed by atoms with Gasteiger partial charge in [-0.3, -0.25) is 4.79 Å². The number of hydrogen-bond donors (Lipinski definition) is 2. The van der Waals surface area contributed by atoms with Gasteiger partial charge in [0.1, 0.15) is 0 Å². The second-order valence-corrected chi connectivity index (χ2v) is 3.95. The third-order valence-corrected chi connectivity index (χ3v) is 3.02. The van der Waals surface area contributed by atoms with Crippen molar-refractivity contribution >= 4 is 5.97 Å². The zero-order chi connectivity index (χ0) is 8.55. The maximum Gasteiger partial charge on any atom is 0.307 e. The molecule has 0 bridgehead atoms. The summed E-state index contributed by atoms with van der Waals surface area (Å²) in [6, 6.07) is 0. The van der Waals surface area contributed by atoms with Crippen molar-refractivity contribution in [1.29, 1.82) is 0 Å². The fourth-order valence-electron chi connectivity index (χ4n) is 2.23. The minimum Gasteiger partial charge on any atom is -0.481 e. The Hall–Kier alpha value is -0.570. The van der Waals surface area contributed by atoms with E-state index < -0.39 is 5.97 Å². The smallest absolute Gasteiger partial charge is 0.307 e. The maximum absolute atomic E-state index is 10.9. The second-order valence-electron chi connectivity index (χ2n) is 3.95. The standard InChI is InChI=1S/C9H15NO2/c11-9(12)8(6-1-2-6)7-3-4-10-5-7/h6-8,10H,1-5H2,(H,11,12). The third kappa shape index (κ3) is 1.46. The first-order chi connectivity index (χ1) is 5.79. The van der Waals surface area contributed by atoms with Crippen LogP contribution in [-0.4, -0.2) is 24.2 Å². The Morgan fingerprint density at radius 1 is 1.33 bits per heavy atom. The molecule has 3 heteroatoms. The molecule has 0 spiro atoms. The number of nitrogens with one attached hydrogen (secondary N) is 1. The molecule has 1 saturated heterocycles. The van der Waals surface area contributed by atoms with Gasteiger partial charge in [-0.2, -0.15) is 0 Å². The number of rotatable bonds is 3. The highest BCUT2D eigenvalue weighted by molar-refractivity contribution is 5.71. The molecule has 0 radical (unpaired) electrons. The number of aliphatic carboxylic acids is 1. The van der Waals surface area contributed by atoms with Crippen LogP contribution in [-0.2, 0) is 4.79 Å². The zero-order valence-electron chi connectivity index (χ0n) is 7.12. The van der Waals surface area contributed by atoms with Crippen LogP contribution in [0, 0.1) is 17.8 Å². The summed E-state index contributed by atoms with van der Waals surface area (Å²) >= 11 is 0. The molecule has 68 valence electrons. The molecule has 2 unspecified atom stereocenters. The fourth-order valence-corrected chi connectivity index (χ4v) is 2.23. The summed E-state index contributed by atoms with van der Waals surface area (Å²) in [5, 5.41) is 12.2. The number of carboxylic acids is 1. The molecule has 2 rings (SSSR count). The van der Waals surface area contributed by atoms with E-state index in [4.69, 9.17) is 5.11 Å². The van der Waals surface area contributed by atoms with Gasteiger partial charge in [0.2, 0.25) is 0 Å². The Morgan fingerprint density at radius 3 is 2.50 bits per heavy atom. The van der Waals surface area contributed by atoms with E-state index in [9.17, 15) is 4.79 Å². The molecule has 0 aromatic heterocycles. The normalized spacial score (nSPS) is 31.8. The lowest BCUT2D eigenvalue weighted by molar-refractivity contribution is -0.144. The summed E-state index contributed by atoms with van der Waals surface area (Å²) < 4.78 is 0. The van der Waals surface area contributed by atoms with E-state index in [2.05, 4.69) is 5.32 Å². The molecule has 0 amide bonds. The van der Waals surface area contributed by atoms with Gasteiger partial charge in [-0.25, -0.2) is 0 Å². The minimum atomic E-state index is -0.578. The highest BCUT2D eigenvalue weighted by Gasteiger charge is 2.41. The number of carboxylic acid groups (broad SMARTS) is 1. The van der Waals surface area contributed by atoms with Gasteiger partial charge in [-0.1, -0.05) is 0 Å². The average Bonchev–Trinajstić information content (AvgIpc) is 2.65. The predicted molar refractivity (Wildman–Crippen MR) is 44.8 cm³/mol. The summed E-state index contributed by atoms with van der Waals surface area (Å²) in [7, 11) is 0. The van der Waals surface area contributed by atoms with Gasteiger partial charge < -0.3 is 10.4 Å². The van der Waals surface area contributed by atoms with Crippen LogP contribution in [0.2, 0.25) is 0 Å². The Labute approximate surface area is 72.2 Å². The van der Waals surface area contributed by atoms with Crippen molar-refractivity contribution in [2.75, 3.05) is 13.1 Å². The lowest BCUT2D eigenvalue weighted by atomic mass is 9.87. The fraction of sp³-hybridized carbons (Fsp3) is 0.889. The highest BCUT2D eigenvalue weighted by atomic mass is 16.4. The Kier molecular flexibility index (Phi) is 2.05. The third-order valence-electron chi connectivity index (χ3n) is 3.02. The lowest BCUT2D eigenvalue weighted by Gasteiger charge is -2.17. The van der Waals surface area contributed by atoms with Crippen molar-refractivity contribution < 1.29 is 9.90 Å². The van der Waals surface area contributed by atoms with E-state index in [-0.39, 0.29) is 5.92 Å². The van der Waals surface area contributed by atoms with E-state index in [1.165, 1.54) is 0 Å². The minimum absolute atomic E-state index is 0.0556. The SMILES string of the molecule is O=C(O)C(C1CC1)C1CCNC1.